The fraction of sp³-hybridized carbons (Fsp3) is 0.500. The first-order valence-corrected chi connectivity index (χ1v) is 10.3. The van der Waals surface area contributed by atoms with Crippen LogP contribution in [0, 0.1) is 0 Å². The van der Waals surface area contributed by atoms with Crippen LogP contribution in [-0.4, -0.2) is 32.5 Å². The van der Waals surface area contributed by atoms with Crippen molar-refractivity contribution in [3.8, 4) is 0 Å². The molecular formula is C12H13Br2Cl2NO3S. The Morgan fingerprint density at radius 2 is 1.76 bits per heavy atom. The number of alkyl halides is 1. The van der Waals surface area contributed by atoms with E-state index in [0.29, 0.717) is 35.9 Å². The summed E-state index contributed by atoms with van der Waals surface area (Å²) in [5, 5.41) is 0.659. The summed E-state index contributed by atoms with van der Waals surface area (Å²) in [6, 6.07) is 3.01. The fourth-order valence-electron chi connectivity index (χ4n) is 2.15. The van der Waals surface area contributed by atoms with Gasteiger partial charge >= 0.3 is 0 Å². The van der Waals surface area contributed by atoms with Crippen molar-refractivity contribution in [2.24, 2.45) is 0 Å². The average molecular weight is 482 g/mol. The number of ether oxygens (including phenoxy) is 1. The Balaban J connectivity index is 2.38. The van der Waals surface area contributed by atoms with E-state index in [1.165, 1.54) is 12.1 Å². The summed E-state index contributed by atoms with van der Waals surface area (Å²) in [6.07, 6.45) is 1.17. The Labute approximate surface area is 150 Å². The van der Waals surface area contributed by atoms with Gasteiger partial charge in [-0.3, -0.25) is 0 Å². The van der Waals surface area contributed by atoms with E-state index in [1.54, 1.807) is 0 Å². The van der Waals surface area contributed by atoms with Crippen molar-refractivity contribution in [3.05, 3.63) is 26.7 Å². The number of halogens is 4. The lowest BCUT2D eigenvalue weighted by molar-refractivity contribution is 0.0557. The van der Waals surface area contributed by atoms with Crippen LogP contribution in [0.25, 0.3) is 0 Å². The minimum absolute atomic E-state index is 0.0821. The normalized spacial score (nSPS) is 18.7. The van der Waals surface area contributed by atoms with Crippen molar-refractivity contribution in [2.75, 3.05) is 18.5 Å². The molecule has 0 unspecified atom stereocenters. The van der Waals surface area contributed by atoms with E-state index in [2.05, 4.69) is 36.6 Å². The van der Waals surface area contributed by atoms with Crippen molar-refractivity contribution in [1.82, 2.24) is 4.72 Å². The molecular weight excluding hydrogens is 469 g/mol. The monoisotopic (exact) mass is 479 g/mol. The Morgan fingerprint density at radius 1 is 1.24 bits per heavy atom. The molecule has 0 amide bonds. The summed E-state index contributed by atoms with van der Waals surface area (Å²) in [5.74, 6) is 0. The number of rotatable bonds is 4. The van der Waals surface area contributed by atoms with Gasteiger partial charge in [-0.2, -0.15) is 0 Å². The molecule has 1 N–H and O–H groups in total. The number of hydrogen-bond acceptors (Lipinski definition) is 3. The third-order valence-electron chi connectivity index (χ3n) is 3.29. The molecule has 21 heavy (non-hydrogen) atoms. The minimum atomic E-state index is -3.83. The Bertz CT molecular complexity index is 610. The molecule has 118 valence electrons. The van der Waals surface area contributed by atoms with Gasteiger partial charge < -0.3 is 4.74 Å². The summed E-state index contributed by atoms with van der Waals surface area (Å²) < 4.78 is 34.0. The first kappa shape index (κ1) is 18.0. The highest BCUT2D eigenvalue weighted by Gasteiger charge is 2.37. The minimum Gasteiger partial charge on any atom is -0.381 e. The standard InChI is InChI=1S/C12H13Br2Cl2NO3S/c13-7-12(1-3-20-4-2-12)17-21(18,19)11-9(15)5-8(14)6-10(11)16/h5-6,17H,1-4,7H2. The molecule has 0 bridgehead atoms. The zero-order valence-corrected chi connectivity index (χ0v) is 16.3. The quantitative estimate of drug-likeness (QED) is 0.662. The maximum absolute atomic E-state index is 12.7. The molecule has 0 spiro atoms. The van der Waals surface area contributed by atoms with E-state index in [-0.39, 0.29) is 14.9 Å². The molecule has 2 rings (SSSR count). The second kappa shape index (κ2) is 7.03. The maximum Gasteiger partial charge on any atom is 0.244 e. The van der Waals surface area contributed by atoms with Crippen molar-refractivity contribution < 1.29 is 13.2 Å². The van der Waals surface area contributed by atoms with Gasteiger partial charge in [0, 0.05) is 28.6 Å². The molecule has 0 aliphatic carbocycles. The van der Waals surface area contributed by atoms with Crippen LogP contribution in [-0.2, 0) is 14.8 Å². The highest BCUT2D eigenvalue weighted by Crippen LogP contribution is 2.34. The Kier molecular flexibility index (Phi) is 6.02. The first-order valence-electron chi connectivity index (χ1n) is 6.12. The highest BCUT2D eigenvalue weighted by molar-refractivity contribution is 9.10. The van der Waals surface area contributed by atoms with E-state index in [9.17, 15) is 8.42 Å². The van der Waals surface area contributed by atoms with E-state index in [0.717, 1.165) is 0 Å². The number of nitrogens with one attached hydrogen (secondary N) is 1. The van der Waals surface area contributed by atoms with Gasteiger partial charge in [0.05, 0.1) is 10.0 Å². The molecule has 1 aliphatic rings. The van der Waals surface area contributed by atoms with Crippen LogP contribution in [0.5, 0.6) is 0 Å². The lowest BCUT2D eigenvalue weighted by Gasteiger charge is -2.36. The molecule has 0 atom stereocenters. The van der Waals surface area contributed by atoms with Crippen molar-refractivity contribution >= 4 is 65.1 Å². The summed E-state index contributed by atoms with van der Waals surface area (Å²) in [4.78, 5) is -0.0964. The maximum atomic E-state index is 12.7. The summed E-state index contributed by atoms with van der Waals surface area (Å²) in [5.41, 5.74) is -0.586. The lowest BCUT2D eigenvalue weighted by atomic mass is 9.94. The van der Waals surface area contributed by atoms with Gasteiger partial charge in [-0.15, -0.1) is 0 Å². The van der Waals surface area contributed by atoms with Crippen LogP contribution < -0.4 is 4.72 Å². The molecule has 4 nitrogen and oxygen atoms in total. The lowest BCUT2D eigenvalue weighted by Crippen LogP contribution is -2.53. The molecule has 1 saturated heterocycles. The second-order valence-electron chi connectivity index (χ2n) is 4.83. The van der Waals surface area contributed by atoms with Crippen LogP contribution >= 0.6 is 55.1 Å². The smallest absolute Gasteiger partial charge is 0.244 e. The predicted molar refractivity (Wildman–Crippen MR) is 91.1 cm³/mol. The van der Waals surface area contributed by atoms with E-state index in [4.69, 9.17) is 27.9 Å². The van der Waals surface area contributed by atoms with Gasteiger partial charge in [0.2, 0.25) is 10.0 Å². The van der Waals surface area contributed by atoms with Gasteiger partial charge in [-0.1, -0.05) is 55.1 Å². The fourth-order valence-corrected chi connectivity index (χ4v) is 6.43. The molecule has 1 aromatic rings. The molecule has 0 saturated carbocycles. The molecule has 9 heteroatoms. The number of benzene rings is 1. The van der Waals surface area contributed by atoms with Crippen LogP contribution in [0.1, 0.15) is 12.8 Å². The van der Waals surface area contributed by atoms with E-state index < -0.39 is 15.6 Å². The van der Waals surface area contributed by atoms with Crippen LogP contribution in [0.3, 0.4) is 0 Å². The Morgan fingerprint density at radius 3 is 2.24 bits per heavy atom. The van der Waals surface area contributed by atoms with Crippen LogP contribution in [0.2, 0.25) is 10.0 Å². The van der Waals surface area contributed by atoms with E-state index in [1.807, 2.05) is 0 Å². The topological polar surface area (TPSA) is 55.4 Å². The number of sulfonamides is 1. The molecule has 0 radical (unpaired) electrons. The van der Waals surface area contributed by atoms with Crippen molar-refractivity contribution in [1.29, 1.82) is 0 Å². The Hall–Kier alpha value is 0.630. The highest BCUT2D eigenvalue weighted by atomic mass is 79.9. The van der Waals surface area contributed by atoms with Gasteiger partial charge in [0.25, 0.3) is 0 Å². The first-order chi connectivity index (χ1) is 9.80. The SMILES string of the molecule is O=S(=O)(NC1(CBr)CCOCC1)c1c(Cl)cc(Br)cc1Cl. The zero-order valence-electron chi connectivity index (χ0n) is 10.8. The van der Waals surface area contributed by atoms with Crippen molar-refractivity contribution in [3.63, 3.8) is 0 Å². The second-order valence-corrected chi connectivity index (χ2v) is 8.74. The van der Waals surface area contributed by atoms with Crippen LogP contribution in [0.4, 0.5) is 0 Å². The molecule has 1 fully saturated rings. The third kappa shape index (κ3) is 4.13. The largest absolute Gasteiger partial charge is 0.381 e. The molecule has 1 aliphatic heterocycles. The summed E-state index contributed by atoms with van der Waals surface area (Å²) >= 11 is 18.7. The van der Waals surface area contributed by atoms with Crippen LogP contribution in [0.15, 0.2) is 21.5 Å². The van der Waals surface area contributed by atoms with Crippen molar-refractivity contribution in [2.45, 2.75) is 23.3 Å². The molecule has 1 aromatic carbocycles. The predicted octanol–water partition coefficient (Wildman–Crippen LogP) is 3.98. The zero-order chi connectivity index (χ0) is 15.7. The van der Waals surface area contributed by atoms with E-state index >= 15 is 0 Å². The molecule has 1 heterocycles. The van der Waals surface area contributed by atoms with Gasteiger partial charge in [-0.05, 0) is 25.0 Å². The average Bonchev–Trinajstić information content (AvgIpc) is 2.37. The number of hydrogen-bond donors (Lipinski definition) is 1. The van der Waals surface area contributed by atoms with Gasteiger partial charge in [-0.25, -0.2) is 13.1 Å². The van der Waals surface area contributed by atoms with Gasteiger partial charge in [0.15, 0.2) is 0 Å². The molecule has 0 aromatic heterocycles. The summed E-state index contributed by atoms with van der Waals surface area (Å²) in [6.45, 7) is 1.02. The third-order valence-corrected chi connectivity index (χ3v) is 7.32. The summed E-state index contributed by atoms with van der Waals surface area (Å²) in [7, 11) is -3.83. The van der Waals surface area contributed by atoms with Gasteiger partial charge in [0.1, 0.15) is 4.90 Å².